The van der Waals surface area contributed by atoms with Crippen LogP contribution in [0, 0.1) is 0 Å². The van der Waals surface area contributed by atoms with Crippen molar-refractivity contribution in [3.8, 4) is 11.5 Å². The van der Waals surface area contributed by atoms with Gasteiger partial charge in [-0.1, -0.05) is 18.2 Å². The van der Waals surface area contributed by atoms with Crippen LogP contribution in [0.4, 0.5) is 5.69 Å². The standard InChI is InChI=1S/C21H21NO4/c1-14-12-15-4-2-3-5-17(15)22(14)21(24)9-7-18(23)16-6-8-19-20(13-16)26-11-10-25-19/h2-6,8,13-14H,7,9-12H2,1H3/t14-/m1/s1. The lowest BCUT2D eigenvalue weighted by Gasteiger charge is -2.22. The molecule has 4 rings (SSSR count). The molecule has 0 spiro atoms. The summed E-state index contributed by atoms with van der Waals surface area (Å²) < 4.78 is 11.0. The molecule has 0 unspecified atom stereocenters. The second-order valence-corrected chi connectivity index (χ2v) is 6.73. The van der Waals surface area contributed by atoms with Gasteiger partial charge in [-0.3, -0.25) is 9.59 Å². The van der Waals surface area contributed by atoms with Crippen molar-refractivity contribution < 1.29 is 19.1 Å². The van der Waals surface area contributed by atoms with Crippen LogP contribution in [0.3, 0.4) is 0 Å². The van der Waals surface area contributed by atoms with Crippen molar-refractivity contribution in [2.45, 2.75) is 32.2 Å². The third kappa shape index (κ3) is 3.05. The Kier molecular flexibility index (Phi) is 4.37. The molecule has 0 aliphatic carbocycles. The van der Waals surface area contributed by atoms with Gasteiger partial charge in [0, 0.05) is 30.1 Å². The van der Waals surface area contributed by atoms with Gasteiger partial charge in [0.2, 0.25) is 5.91 Å². The Morgan fingerprint density at radius 1 is 1.04 bits per heavy atom. The smallest absolute Gasteiger partial charge is 0.227 e. The van der Waals surface area contributed by atoms with Crippen molar-refractivity contribution in [2.24, 2.45) is 0 Å². The highest BCUT2D eigenvalue weighted by molar-refractivity contribution is 6.02. The van der Waals surface area contributed by atoms with Gasteiger partial charge >= 0.3 is 0 Å². The Bertz CT molecular complexity index is 861. The Labute approximate surface area is 152 Å². The minimum atomic E-state index is -0.0598. The van der Waals surface area contributed by atoms with E-state index in [1.807, 2.05) is 30.0 Å². The van der Waals surface area contributed by atoms with Gasteiger partial charge in [-0.15, -0.1) is 0 Å². The van der Waals surface area contributed by atoms with Crippen molar-refractivity contribution in [3.63, 3.8) is 0 Å². The lowest BCUT2D eigenvalue weighted by Crippen LogP contribution is -2.35. The Morgan fingerprint density at radius 3 is 2.65 bits per heavy atom. The maximum absolute atomic E-state index is 12.7. The summed E-state index contributed by atoms with van der Waals surface area (Å²) >= 11 is 0. The van der Waals surface area contributed by atoms with Gasteiger partial charge in [0.15, 0.2) is 17.3 Å². The topological polar surface area (TPSA) is 55.8 Å². The average Bonchev–Trinajstić information content (AvgIpc) is 3.01. The number of carbonyl (C=O) groups is 2. The van der Waals surface area contributed by atoms with Crippen molar-refractivity contribution in [2.75, 3.05) is 18.1 Å². The number of rotatable bonds is 4. The van der Waals surface area contributed by atoms with E-state index in [0.29, 0.717) is 30.3 Å². The Balaban J connectivity index is 1.42. The van der Waals surface area contributed by atoms with E-state index >= 15 is 0 Å². The summed E-state index contributed by atoms with van der Waals surface area (Å²) in [5.41, 5.74) is 2.71. The molecule has 0 bridgehead atoms. The van der Waals surface area contributed by atoms with E-state index in [-0.39, 0.29) is 30.6 Å². The van der Waals surface area contributed by atoms with Gasteiger partial charge in [-0.05, 0) is 43.2 Å². The normalized spacial score (nSPS) is 17.7. The summed E-state index contributed by atoms with van der Waals surface area (Å²) in [6.07, 6.45) is 1.24. The number of carbonyl (C=O) groups excluding carboxylic acids is 2. The second kappa shape index (κ2) is 6.83. The van der Waals surface area contributed by atoms with Crippen molar-refractivity contribution >= 4 is 17.4 Å². The molecular formula is C21H21NO4. The van der Waals surface area contributed by atoms with Crippen LogP contribution in [0.1, 0.15) is 35.7 Å². The minimum absolute atomic E-state index is 0.00616. The fourth-order valence-electron chi connectivity index (χ4n) is 3.65. The highest BCUT2D eigenvalue weighted by Crippen LogP contribution is 2.33. The zero-order valence-corrected chi connectivity index (χ0v) is 14.7. The first-order chi connectivity index (χ1) is 12.6. The quantitative estimate of drug-likeness (QED) is 0.792. The van der Waals surface area contributed by atoms with Crippen LogP contribution in [0.2, 0.25) is 0 Å². The molecule has 2 aliphatic rings. The molecule has 0 radical (unpaired) electrons. The van der Waals surface area contributed by atoms with Crippen molar-refractivity contribution in [1.29, 1.82) is 0 Å². The van der Waals surface area contributed by atoms with Gasteiger partial charge in [0.25, 0.3) is 0 Å². The van der Waals surface area contributed by atoms with Gasteiger partial charge < -0.3 is 14.4 Å². The molecule has 2 aliphatic heterocycles. The Morgan fingerprint density at radius 2 is 1.81 bits per heavy atom. The van der Waals surface area contributed by atoms with E-state index in [0.717, 1.165) is 12.1 Å². The minimum Gasteiger partial charge on any atom is -0.486 e. The average molecular weight is 351 g/mol. The molecule has 0 fully saturated rings. The Hall–Kier alpha value is -2.82. The maximum atomic E-state index is 12.7. The first-order valence-corrected chi connectivity index (χ1v) is 8.96. The molecule has 0 aromatic heterocycles. The number of fused-ring (bicyclic) bond motifs is 2. The lowest BCUT2D eigenvalue weighted by molar-refractivity contribution is -0.118. The fourth-order valence-corrected chi connectivity index (χ4v) is 3.65. The fraction of sp³-hybridized carbons (Fsp3) is 0.333. The number of anilines is 1. The van der Waals surface area contributed by atoms with Gasteiger partial charge in [0.05, 0.1) is 0 Å². The number of hydrogen-bond acceptors (Lipinski definition) is 4. The van der Waals surface area contributed by atoms with E-state index in [4.69, 9.17) is 9.47 Å². The molecule has 1 amide bonds. The molecule has 2 aromatic carbocycles. The number of amides is 1. The van der Waals surface area contributed by atoms with Gasteiger partial charge in [-0.25, -0.2) is 0 Å². The predicted molar refractivity (Wildman–Crippen MR) is 98.1 cm³/mol. The summed E-state index contributed by atoms with van der Waals surface area (Å²) in [6.45, 7) is 3.04. The molecule has 134 valence electrons. The molecule has 0 saturated carbocycles. The molecule has 26 heavy (non-hydrogen) atoms. The molecule has 1 atom stereocenters. The SMILES string of the molecule is C[C@@H]1Cc2ccccc2N1C(=O)CCC(=O)c1ccc2c(c1)OCCO2. The molecule has 5 heteroatoms. The van der Waals surface area contributed by atoms with E-state index in [2.05, 4.69) is 6.07 Å². The van der Waals surface area contributed by atoms with Crippen LogP contribution < -0.4 is 14.4 Å². The van der Waals surface area contributed by atoms with Crippen LogP contribution in [0.15, 0.2) is 42.5 Å². The van der Waals surface area contributed by atoms with Crippen LogP contribution >= 0.6 is 0 Å². The highest BCUT2D eigenvalue weighted by Gasteiger charge is 2.30. The molecule has 5 nitrogen and oxygen atoms in total. The largest absolute Gasteiger partial charge is 0.486 e. The molecule has 2 aromatic rings. The molecule has 0 saturated heterocycles. The van der Waals surface area contributed by atoms with Crippen molar-refractivity contribution in [1.82, 2.24) is 0 Å². The number of ketones is 1. The number of para-hydroxylation sites is 1. The molecular weight excluding hydrogens is 330 g/mol. The highest BCUT2D eigenvalue weighted by atomic mass is 16.6. The van der Waals surface area contributed by atoms with Gasteiger partial charge in [0.1, 0.15) is 13.2 Å². The summed E-state index contributed by atoms with van der Waals surface area (Å²) in [4.78, 5) is 27.1. The van der Waals surface area contributed by atoms with Crippen LogP contribution in [0.5, 0.6) is 11.5 Å². The van der Waals surface area contributed by atoms with Crippen LogP contribution in [-0.2, 0) is 11.2 Å². The lowest BCUT2D eigenvalue weighted by atomic mass is 10.1. The third-order valence-electron chi connectivity index (χ3n) is 4.91. The van der Waals surface area contributed by atoms with E-state index < -0.39 is 0 Å². The first kappa shape index (κ1) is 16.6. The number of ether oxygens (including phenoxy) is 2. The van der Waals surface area contributed by atoms with E-state index in [1.54, 1.807) is 18.2 Å². The van der Waals surface area contributed by atoms with Crippen LogP contribution in [-0.4, -0.2) is 30.9 Å². The molecule has 0 N–H and O–H groups in total. The summed E-state index contributed by atoms with van der Waals surface area (Å²) in [5.74, 6) is 1.19. The van der Waals surface area contributed by atoms with E-state index in [1.165, 1.54) is 5.56 Å². The monoisotopic (exact) mass is 351 g/mol. The van der Waals surface area contributed by atoms with Gasteiger partial charge in [-0.2, -0.15) is 0 Å². The predicted octanol–water partition coefficient (Wildman–Crippen LogP) is 3.40. The van der Waals surface area contributed by atoms with Crippen molar-refractivity contribution in [3.05, 3.63) is 53.6 Å². The zero-order valence-electron chi connectivity index (χ0n) is 14.7. The number of hydrogen-bond donors (Lipinski definition) is 0. The third-order valence-corrected chi connectivity index (χ3v) is 4.91. The van der Waals surface area contributed by atoms with E-state index in [9.17, 15) is 9.59 Å². The number of Topliss-reactive ketones (excluding diaryl/α,β-unsaturated/α-hetero) is 1. The summed E-state index contributed by atoms with van der Waals surface area (Å²) in [6, 6.07) is 13.3. The van der Waals surface area contributed by atoms with Crippen LogP contribution in [0.25, 0.3) is 0 Å². The number of benzene rings is 2. The summed E-state index contributed by atoms with van der Waals surface area (Å²) in [5, 5.41) is 0. The zero-order chi connectivity index (χ0) is 18.1. The first-order valence-electron chi connectivity index (χ1n) is 8.96. The summed E-state index contributed by atoms with van der Waals surface area (Å²) in [7, 11) is 0. The maximum Gasteiger partial charge on any atom is 0.227 e. The molecule has 2 heterocycles. The second-order valence-electron chi connectivity index (χ2n) is 6.73. The number of nitrogens with zero attached hydrogens (tertiary/aromatic N) is 1.